The zero-order valence-corrected chi connectivity index (χ0v) is 51.4. The van der Waals surface area contributed by atoms with Crippen LogP contribution >= 0.6 is 0 Å². The molecule has 0 radical (unpaired) electrons. The number of carbonyl (C=O) groups excluding carboxylic acids is 5. The molecular formula is C58H105N5O25. The van der Waals surface area contributed by atoms with E-state index in [2.05, 4.69) is 28.2 Å². The fraction of sp³-hybridized carbons (Fsp3) is 0.914. The Hall–Kier alpha value is -3.29. The summed E-state index contributed by atoms with van der Waals surface area (Å²) in [6.07, 6.45) is -14.4. The van der Waals surface area contributed by atoms with E-state index >= 15 is 0 Å². The van der Waals surface area contributed by atoms with E-state index in [1.54, 1.807) is 6.92 Å². The summed E-state index contributed by atoms with van der Waals surface area (Å²) in [5, 5.41) is 137. The molecule has 0 saturated carbocycles. The molecule has 30 heteroatoms. The SMILES string of the molecule is CCCCCCCCCCCCCCCC(=O)N[C@H]1[C@H](OCCNC(=O)CN(CC(=O)NCCCCCC(=O)CC)CC(=O)NCCO[C@@H]2O[C@@H](C)[C@@H](O)[C@@H](O)[C@@H]2O)O[C@H](CO[C@H]2O[C@H](CO)[C@@H](O)[C@H](O)[C@@H]2O)[C@@H](O)[C@@H]1O[C@H]1O[C@H](CO)[C@@H](O)[C@H](O)[C@@H]1O. The number of nitrogens with one attached hydrogen (secondary N) is 4. The van der Waals surface area contributed by atoms with Crippen molar-refractivity contribution in [1.29, 1.82) is 0 Å². The van der Waals surface area contributed by atoms with Gasteiger partial charge in [-0.1, -0.05) is 97.3 Å². The summed E-state index contributed by atoms with van der Waals surface area (Å²) in [5.41, 5.74) is 0. The molecule has 0 spiro atoms. The van der Waals surface area contributed by atoms with Crippen molar-refractivity contribution in [2.75, 3.05) is 72.3 Å². The van der Waals surface area contributed by atoms with E-state index in [0.29, 0.717) is 38.5 Å². The lowest BCUT2D eigenvalue weighted by Gasteiger charge is -2.48. The van der Waals surface area contributed by atoms with Gasteiger partial charge in [-0.05, 0) is 26.2 Å². The number of ether oxygens (including phenoxy) is 8. The van der Waals surface area contributed by atoms with E-state index in [9.17, 15) is 85.3 Å². The standard InChI is InChI=1S/C58H105N5O25/c1-4-6-7-8-9-10-11-12-13-14-15-16-19-22-39(67)62-43-54(88-58-53(80)50(77)46(73)37(32-65)86-58)47(74)38(33-83-57-52(79)49(76)45(72)36(31-64)85-57)87-55(43)81-26-24-60-41(69)29-63(28-40(68)59-23-20-17-18-21-35(66)5-2)30-42(70)61-25-27-82-56-51(78)48(75)44(71)34(3)84-56/h34,36-38,43-58,64-65,71-80H,4-33H2,1-3H3,(H,59,68)(H,60,69)(H,61,70)(H,62,67)/t34-,36+,37+,38+,43+,44+,45+,46+,47+,48+,49-,50-,51-,52-,53-,54+,55+,56+,57-,58+/m0/s1. The maximum atomic E-state index is 13.9. The number of rotatable bonds is 43. The van der Waals surface area contributed by atoms with Crippen molar-refractivity contribution in [3.05, 3.63) is 0 Å². The molecule has 4 rings (SSSR count). The van der Waals surface area contributed by atoms with Gasteiger partial charge in [0.15, 0.2) is 25.2 Å². The molecule has 16 N–H and O–H groups in total. The smallest absolute Gasteiger partial charge is 0.234 e. The lowest BCUT2D eigenvalue weighted by molar-refractivity contribution is -0.351. The first-order chi connectivity index (χ1) is 42.1. The van der Waals surface area contributed by atoms with Gasteiger partial charge in [0, 0.05) is 38.9 Å². The van der Waals surface area contributed by atoms with Gasteiger partial charge in [-0.25, -0.2) is 0 Å². The highest BCUT2D eigenvalue weighted by atomic mass is 16.7. The van der Waals surface area contributed by atoms with E-state index < -0.39 is 192 Å². The first-order valence-electron chi connectivity index (χ1n) is 31.6. The van der Waals surface area contributed by atoms with Gasteiger partial charge < -0.3 is 120 Å². The summed E-state index contributed by atoms with van der Waals surface area (Å²) in [5.74, 6) is -2.25. The number of aliphatic hydroxyl groups excluding tert-OH is 12. The van der Waals surface area contributed by atoms with Crippen molar-refractivity contribution < 1.29 is 123 Å². The molecule has 88 heavy (non-hydrogen) atoms. The number of unbranched alkanes of at least 4 members (excludes halogenated alkanes) is 14. The number of ketones is 1. The second-order valence-electron chi connectivity index (χ2n) is 23.3. The molecule has 30 nitrogen and oxygen atoms in total. The van der Waals surface area contributed by atoms with Crippen LogP contribution in [-0.4, -0.2) is 291 Å². The molecule has 0 bridgehead atoms. The van der Waals surface area contributed by atoms with Crippen LogP contribution in [0.25, 0.3) is 0 Å². The highest BCUT2D eigenvalue weighted by Crippen LogP contribution is 2.32. The average Bonchev–Trinajstić information content (AvgIpc) is 2.16. The molecule has 4 saturated heterocycles. The highest BCUT2D eigenvalue weighted by Gasteiger charge is 2.53. The summed E-state index contributed by atoms with van der Waals surface area (Å²) >= 11 is 0. The topological polar surface area (TPSA) is 453 Å². The number of amides is 4. The van der Waals surface area contributed by atoms with E-state index in [-0.39, 0.29) is 38.4 Å². The van der Waals surface area contributed by atoms with Crippen molar-refractivity contribution in [3.63, 3.8) is 0 Å². The average molecular weight is 1270 g/mol. The number of carbonyl (C=O) groups is 5. The monoisotopic (exact) mass is 1270 g/mol. The molecule has 4 aliphatic heterocycles. The molecule has 20 atom stereocenters. The van der Waals surface area contributed by atoms with E-state index in [1.165, 1.54) is 56.8 Å². The molecule has 4 aliphatic rings. The Labute approximate surface area is 515 Å². The van der Waals surface area contributed by atoms with Gasteiger partial charge in [-0.3, -0.25) is 28.9 Å². The van der Waals surface area contributed by atoms with Crippen LogP contribution in [0.5, 0.6) is 0 Å². The molecule has 4 fully saturated rings. The minimum atomic E-state index is -1.99. The molecule has 0 aliphatic carbocycles. The summed E-state index contributed by atoms with van der Waals surface area (Å²) in [6, 6.07) is -1.49. The molecule has 0 aromatic heterocycles. The number of hydrogen-bond donors (Lipinski definition) is 16. The van der Waals surface area contributed by atoms with Gasteiger partial charge in [0.1, 0.15) is 97.3 Å². The quantitative estimate of drug-likeness (QED) is 0.0259. The number of nitrogens with zero attached hydrogens (tertiary/aromatic N) is 1. The zero-order chi connectivity index (χ0) is 64.7. The van der Waals surface area contributed by atoms with E-state index in [0.717, 1.165) is 32.1 Å². The third kappa shape index (κ3) is 26.0. The second kappa shape index (κ2) is 42.0. The fourth-order valence-corrected chi connectivity index (χ4v) is 10.7. The number of aliphatic hydroxyl groups is 12. The highest BCUT2D eigenvalue weighted by molar-refractivity contribution is 5.84. The van der Waals surface area contributed by atoms with Crippen molar-refractivity contribution in [2.24, 2.45) is 0 Å². The Kier molecular flexibility index (Phi) is 36.9. The maximum Gasteiger partial charge on any atom is 0.234 e. The second-order valence-corrected chi connectivity index (χ2v) is 23.3. The lowest BCUT2D eigenvalue weighted by Crippen LogP contribution is -2.68. The van der Waals surface area contributed by atoms with Gasteiger partial charge in [0.05, 0.1) is 58.8 Å². The van der Waals surface area contributed by atoms with Crippen LogP contribution in [0, 0.1) is 0 Å². The van der Waals surface area contributed by atoms with Crippen LogP contribution in [0.1, 0.15) is 143 Å². The molecule has 0 unspecified atom stereocenters. The summed E-state index contributed by atoms with van der Waals surface area (Å²) in [6.45, 7) is 0.987. The van der Waals surface area contributed by atoms with Crippen LogP contribution in [0.2, 0.25) is 0 Å². The minimum absolute atomic E-state index is 0.000758. The van der Waals surface area contributed by atoms with Crippen LogP contribution in [0.15, 0.2) is 0 Å². The minimum Gasteiger partial charge on any atom is -0.394 e. The van der Waals surface area contributed by atoms with Crippen molar-refractivity contribution >= 4 is 29.4 Å². The zero-order valence-electron chi connectivity index (χ0n) is 51.4. The van der Waals surface area contributed by atoms with Gasteiger partial charge in [-0.2, -0.15) is 0 Å². The van der Waals surface area contributed by atoms with Crippen molar-refractivity contribution in [2.45, 2.75) is 266 Å². The first kappa shape index (κ1) is 77.2. The van der Waals surface area contributed by atoms with Gasteiger partial charge in [-0.15, -0.1) is 0 Å². The summed E-state index contributed by atoms with van der Waals surface area (Å²) < 4.78 is 46.3. The third-order valence-corrected chi connectivity index (χ3v) is 16.1. The Balaban J connectivity index is 1.48. The predicted octanol–water partition coefficient (Wildman–Crippen LogP) is -3.91. The number of hydrogen-bond acceptors (Lipinski definition) is 26. The predicted molar refractivity (Wildman–Crippen MR) is 309 cm³/mol. The Morgan fingerprint density at radius 3 is 1.39 bits per heavy atom. The van der Waals surface area contributed by atoms with Crippen LogP contribution in [0.3, 0.4) is 0 Å². The third-order valence-electron chi connectivity index (χ3n) is 16.1. The van der Waals surface area contributed by atoms with Crippen LogP contribution < -0.4 is 21.3 Å². The van der Waals surface area contributed by atoms with E-state index in [1.807, 2.05) is 0 Å². The number of Topliss-reactive ketones (excluding diaryl/α,β-unsaturated/α-hetero) is 1. The maximum absolute atomic E-state index is 13.9. The molecule has 0 aromatic rings. The molecule has 0 aromatic carbocycles. The fourth-order valence-electron chi connectivity index (χ4n) is 10.7. The van der Waals surface area contributed by atoms with Crippen molar-refractivity contribution in [1.82, 2.24) is 26.2 Å². The largest absolute Gasteiger partial charge is 0.394 e. The Bertz CT molecular complexity index is 1990. The van der Waals surface area contributed by atoms with Crippen molar-refractivity contribution in [3.8, 4) is 0 Å². The molecular weight excluding hydrogens is 1170 g/mol. The van der Waals surface area contributed by atoms with Gasteiger partial charge >= 0.3 is 0 Å². The molecule has 4 heterocycles. The summed E-state index contributed by atoms with van der Waals surface area (Å²) in [4.78, 5) is 66.9. The van der Waals surface area contributed by atoms with Crippen LogP contribution in [-0.2, 0) is 61.9 Å². The lowest BCUT2D eigenvalue weighted by atomic mass is 9.95. The van der Waals surface area contributed by atoms with Gasteiger partial charge in [0.25, 0.3) is 0 Å². The Morgan fingerprint density at radius 2 is 0.864 bits per heavy atom. The van der Waals surface area contributed by atoms with Gasteiger partial charge in [0.2, 0.25) is 23.6 Å². The summed E-state index contributed by atoms with van der Waals surface area (Å²) in [7, 11) is 0. The Morgan fingerprint density at radius 1 is 0.432 bits per heavy atom. The molecule has 512 valence electrons. The van der Waals surface area contributed by atoms with Crippen LogP contribution in [0.4, 0.5) is 0 Å². The first-order valence-corrected chi connectivity index (χ1v) is 31.6. The normalized spacial score (nSPS) is 32.6. The molecule has 4 amide bonds. The van der Waals surface area contributed by atoms with E-state index in [4.69, 9.17) is 37.9 Å².